The van der Waals surface area contributed by atoms with E-state index < -0.39 is 0 Å². The van der Waals surface area contributed by atoms with Gasteiger partial charge in [0.25, 0.3) is 0 Å². The molecule has 0 saturated carbocycles. The van der Waals surface area contributed by atoms with Gasteiger partial charge in [-0.1, -0.05) is 19.9 Å². The maximum absolute atomic E-state index is 5.95. The molecule has 0 aliphatic heterocycles. The van der Waals surface area contributed by atoms with Gasteiger partial charge in [0.15, 0.2) is 0 Å². The molecule has 0 saturated heterocycles. The van der Waals surface area contributed by atoms with Crippen LogP contribution in [0.1, 0.15) is 37.4 Å². The van der Waals surface area contributed by atoms with Gasteiger partial charge in [0, 0.05) is 23.9 Å². The molecule has 1 heterocycles. The predicted octanol–water partition coefficient (Wildman–Crippen LogP) is 2.23. The summed E-state index contributed by atoms with van der Waals surface area (Å²) in [6, 6.07) is 4.37. The van der Waals surface area contributed by atoms with Crippen LogP contribution in [0.25, 0.3) is 0 Å². The van der Waals surface area contributed by atoms with Crippen molar-refractivity contribution in [3.63, 3.8) is 0 Å². The fourth-order valence-electron chi connectivity index (χ4n) is 1.32. The Morgan fingerprint density at radius 3 is 2.62 bits per heavy atom. The largest absolute Gasteiger partial charge is 0.327 e. The van der Waals surface area contributed by atoms with E-state index in [4.69, 9.17) is 5.73 Å². The molecule has 0 bridgehead atoms. The van der Waals surface area contributed by atoms with Crippen molar-refractivity contribution in [1.29, 1.82) is 0 Å². The number of hydrogen-bond donors (Lipinski definition) is 1. The number of aromatic nitrogens is 1. The summed E-state index contributed by atoms with van der Waals surface area (Å²) < 4.78 is 0. The summed E-state index contributed by atoms with van der Waals surface area (Å²) in [6.45, 7) is 6.28. The van der Waals surface area contributed by atoms with Gasteiger partial charge in [0.05, 0.1) is 0 Å². The van der Waals surface area contributed by atoms with Crippen LogP contribution in [0.3, 0.4) is 0 Å². The second kappa shape index (κ2) is 4.38. The molecule has 1 rings (SSSR count). The Hall–Kier alpha value is -0.890. The molecule has 2 N–H and O–H groups in total. The maximum atomic E-state index is 5.95. The smallest absolute Gasteiger partial charge is 0.0447 e. The molecule has 72 valence electrons. The van der Waals surface area contributed by atoms with Crippen LogP contribution in [0.5, 0.6) is 0 Å². The van der Waals surface area contributed by atoms with Gasteiger partial charge in [0.1, 0.15) is 0 Å². The fraction of sp³-hybridized carbons (Fsp3) is 0.545. The Balaban J connectivity index is 2.77. The summed E-state index contributed by atoms with van der Waals surface area (Å²) in [4.78, 5) is 4.37. The number of nitrogens with two attached hydrogens (primary N) is 1. The van der Waals surface area contributed by atoms with Crippen LogP contribution >= 0.6 is 0 Å². The molecule has 1 aromatic heterocycles. The van der Waals surface area contributed by atoms with E-state index in [1.165, 1.54) is 5.56 Å². The second-order valence-corrected chi connectivity index (χ2v) is 3.62. The van der Waals surface area contributed by atoms with Gasteiger partial charge >= 0.3 is 0 Å². The third-order valence-electron chi connectivity index (χ3n) is 2.51. The molecule has 0 aliphatic carbocycles. The Labute approximate surface area is 80.2 Å². The van der Waals surface area contributed by atoms with Gasteiger partial charge in [-0.05, 0) is 25.0 Å². The summed E-state index contributed by atoms with van der Waals surface area (Å²) in [5.74, 6) is 0.352. The van der Waals surface area contributed by atoms with E-state index in [1.54, 1.807) is 0 Å². The predicted molar refractivity (Wildman–Crippen MR) is 55.7 cm³/mol. The monoisotopic (exact) mass is 178 g/mol. The zero-order valence-electron chi connectivity index (χ0n) is 8.62. The van der Waals surface area contributed by atoms with Crippen molar-refractivity contribution in [1.82, 2.24) is 4.98 Å². The Morgan fingerprint density at radius 2 is 2.15 bits per heavy atom. The maximum Gasteiger partial charge on any atom is 0.0447 e. The molecule has 0 radical (unpaired) electrons. The molecule has 2 atom stereocenters. The van der Waals surface area contributed by atoms with Crippen molar-refractivity contribution in [2.45, 2.75) is 39.2 Å². The second-order valence-electron chi connectivity index (χ2n) is 3.62. The molecule has 2 nitrogen and oxygen atoms in total. The van der Waals surface area contributed by atoms with Crippen LogP contribution < -0.4 is 5.73 Å². The van der Waals surface area contributed by atoms with Gasteiger partial charge in [-0.15, -0.1) is 0 Å². The number of nitrogens with zero attached hydrogens (tertiary/aromatic N) is 1. The third kappa shape index (κ3) is 2.52. The lowest BCUT2D eigenvalue weighted by molar-refractivity contribution is 0.541. The molecule has 2 unspecified atom stereocenters. The molecule has 13 heavy (non-hydrogen) atoms. The Bertz CT molecular complexity index is 253. The van der Waals surface area contributed by atoms with Gasteiger partial charge in [-0.25, -0.2) is 0 Å². The van der Waals surface area contributed by atoms with E-state index in [1.807, 2.05) is 13.1 Å². The number of hydrogen-bond acceptors (Lipinski definition) is 2. The summed E-state index contributed by atoms with van der Waals surface area (Å²) in [6.07, 6.45) is 2.89. The number of aryl methyl sites for hydroxylation is 1. The molecule has 0 spiro atoms. The standard InChI is InChI=1S/C11H18N2/c1-4-10(12)9(3)11-6-5-8(2)7-13-11/h5-7,9-10H,4,12H2,1-3H3. The molecular weight excluding hydrogens is 160 g/mol. The SMILES string of the molecule is CCC(N)C(C)c1ccc(C)cn1. The molecule has 0 amide bonds. The first kappa shape index (κ1) is 10.2. The normalized spacial score (nSPS) is 15.4. The lowest BCUT2D eigenvalue weighted by atomic mass is 9.96. The third-order valence-corrected chi connectivity index (χ3v) is 2.51. The van der Waals surface area contributed by atoms with E-state index in [-0.39, 0.29) is 6.04 Å². The first-order valence-corrected chi connectivity index (χ1v) is 4.83. The van der Waals surface area contributed by atoms with E-state index in [2.05, 4.69) is 31.0 Å². The topological polar surface area (TPSA) is 38.9 Å². The molecule has 0 aliphatic rings. The Kier molecular flexibility index (Phi) is 3.43. The van der Waals surface area contributed by atoms with Crippen LogP contribution in [0.4, 0.5) is 0 Å². The van der Waals surface area contributed by atoms with E-state index in [9.17, 15) is 0 Å². The minimum atomic E-state index is 0.218. The lowest BCUT2D eigenvalue weighted by Gasteiger charge is -2.17. The lowest BCUT2D eigenvalue weighted by Crippen LogP contribution is -2.26. The van der Waals surface area contributed by atoms with E-state index in [0.29, 0.717) is 5.92 Å². The average molecular weight is 178 g/mol. The van der Waals surface area contributed by atoms with Gasteiger partial charge in [0.2, 0.25) is 0 Å². The van der Waals surface area contributed by atoms with Crippen LogP contribution in [-0.2, 0) is 0 Å². The van der Waals surface area contributed by atoms with Crippen molar-refractivity contribution in [3.05, 3.63) is 29.6 Å². The molecule has 0 fully saturated rings. The van der Waals surface area contributed by atoms with Crippen molar-refractivity contribution in [2.75, 3.05) is 0 Å². The Morgan fingerprint density at radius 1 is 1.46 bits per heavy atom. The molecule has 2 heteroatoms. The summed E-state index contributed by atoms with van der Waals surface area (Å²) in [5, 5.41) is 0. The van der Waals surface area contributed by atoms with Crippen LogP contribution in [0.15, 0.2) is 18.3 Å². The van der Waals surface area contributed by atoms with Gasteiger partial charge in [-0.2, -0.15) is 0 Å². The van der Waals surface area contributed by atoms with Crippen LogP contribution in [-0.4, -0.2) is 11.0 Å². The first-order valence-electron chi connectivity index (χ1n) is 4.83. The zero-order valence-corrected chi connectivity index (χ0v) is 8.62. The van der Waals surface area contributed by atoms with Crippen LogP contribution in [0.2, 0.25) is 0 Å². The highest BCUT2D eigenvalue weighted by molar-refractivity contribution is 5.16. The highest BCUT2D eigenvalue weighted by Gasteiger charge is 2.13. The van der Waals surface area contributed by atoms with Crippen molar-refractivity contribution in [3.8, 4) is 0 Å². The van der Waals surface area contributed by atoms with Gasteiger partial charge in [-0.3, -0.25) is 4.98 Å². The molecular formula is C11H18N2. The molecule has 0 aromatic carbocycles. The number of pyridine rings is 1. The molecule has 1 aromatic rings. The highest BCUT2D eigenvalue weighted by Crippen LogP contribution is 2.17. The first-order chi connectivity index (χ1) is 6.15. The highest BCUT2D eigenvalue weighted by atomic mass is 14.7. The van der Waals surface area contributed by atoms with Crippen molar-refractivity contribution < 1.29 is 0 Å². The summed E-state index contributed by atoms with van der Waals surface area (Å²) in [5.41, 5.74) is 8.24. The van der Waals surface area contributed by atoms with E-state index in [0.717, 1.165) is 12.1 Å². The van der Waals surface area contributed by atoms with Gasteiger partial charge < -0.3 is 5.73 Å². The van der Waals surface area contributed by atoms with Crippen LogP contribution in [0, 0.1) is 6.92 Å². The van der Waals surface area contributed by atoms with Crippen molar-refractivity contribution in [2.24, 2.45) is 5.73 Å². The zero-order chi connectivity index (χ0) is 9.84. The fourth-order valence-corrected chi connectivity index (χ4v) is 1.32. The quantitative estimate of drug-likeness (QED) is 0.771. The minimum Gasteiger partial charge on any atom is -0.327 e. The average Bonchev–Trinajstić information content (AvgIpc) is 2.17. The summed E-state index contributed by atoms with van der Waals surface area (Å²) >= 11 is 0. The summed E-state index contributed by atoms with van der Waals surface area (Å²) in [7, 11) is 0. The minimum absolute atomic E-state index is 0.218. The van der Waals surface area contributed by atoms with Crippen molar-refractivity contribution >= 4 is 0 Å². The van der Waals surface area contributed by atoms with E-state index >= 15 is 0 Å². The number of rotatable bonds is 3.